The lowest BCUT2D eigenvalue weighted by atomic mass is 9.59. The molecule has 3 atom stereocenters. The van der Waals surface area contributed by atoms with E-state index in [4.69, 9.17) is 5.73 Å². The number of phenols is 1. The third-order valence-electron chi connectivity index (χ3n) is 8.25. The van der Waals surface area contributed by atoms with Gasteiger partial charge in [0.05, 0.1) is 5.56 Å². The van der Waals surface area contributed by atoms with Crippen LogP contribution < -0.4 is 10.6 Å². The Morgan fingerprint density at radius 2 is 1.77 bits per heavy atom. The van der Waals surface area contributed by atoms with E-state index in [9.17, 15) is 34.8 Å². The molecular weight excluding hydrogens is 502 g/mol. The van der Waals surface area contributed by atoms with Gasteiger partial charge >= 0.3 is 0 Å². The van der Waals surface area contributed by atoms with Crippen molar-refractivity contribution in [3.8, 4) is 5.75 Å². The van der Waals surface area contributed by atoms with Crippen LogP contribution >= 0.6 is 0 Å². The number of hydrogen-bond acceptors (Lipinski definition) is 9. The van der Waals surface area contributed by atoms with Crippen molar-refractivity contribution in [2.45, 2.75) is 58.6 Å². The van der Waals surface area contributed by atoms with Crippen LogP contribution in [0, 0.1) is 17.3 Å². The van der Waals surface area contributed by atoms with Crippen molar-refractivity contribution in [1.29, 1.82) is 0 Å². The average Bonchev–Trinajstić information content (AvgIpc) is 2.79. The van der Waals surface area contributed by atoms with Crippen LogP contribution in [0.15, 0.2) is 23.0 Å². The number of ketones is 2. The van der Waals surface area contributed by atoms with E-state index < -0.39 is 52.0 Å². The topological polar surface area (TPSA) is 165 Å². The first kappa shape index (κ1) is 28.6. The maximum absolute atomic E-state index is 13.7. The van der Waals surface area contributed by atoms with Gasteiger partial charge in [0.1, 0.15) is 22.8 Å². The monoisotopic (exact) mass is 541 g/mol. The van der Waals surface area contributed by atoms with Gasteiger partial charge in [-0.05, 0) is 61.4 Å². The number of phenolic OH excluding ortho intramolecular Hbond substituents is 1. The van der Waals surface area contributed by atoms with E-state index >= 15 is 0 Å². The molecule has 0 saturated heterocycles. The Bertz CT molecular complexity index is 1320. The van der Waals surface area contributed by atoms with Gasteiger partial charge in [-0.25, -0.2) is 0 Å². The smallest absolute Gasteiger partial charge is 0.255 e. The van der Waals surface area contributed by atoms with Crippen LogP contribution in [0.3, 0.4) is 0 Å². The summed E-state index contributed by atoms with van der Waals surface area (Å²) in [5.74, 6) is -6.27. The molecule has 10 nitrogen and oxygen atoms in total. The van der Waals surface area contributed by atoms with Crippen LogP contribution in [0.4, 0.5) is 5.69 Å². The lowest BCUT2D eigenvalue weighted by Gasteiger charge is -2.46. The number of carbonyl (C=O) groups is 3. The Labute approximate surface area is 228 Å². The van der Waals surface area contributed by atoms with E-state index in [1.54, 1.807) is 6.07 Å². The zero-order valence-corrected chi connectivity index (χ0v) is 23.5. The number of fused-ring (bicyclic) bond motifs is 3. The molecule has 0 radical (unpaired) electrons. The van der Waals surface area contributed by atoms with Gasteiger partial charge in [0.15, 0.2) is 11.4 Å². The Morgan fingerprint density at radius 1 is 1.13 bits per heavy atom. The van der Waals surface area contributed by atoms with Gasteiger partial charge in [-0.2, -0.15) is 0 Å². The second-order valence-electron chi connectivity index (χ2n) is 12.6. The van der Waals surface area contributed by atoms with Crippen molar-refractivity contribution in [3.05, 3.63) is 39.7 Å². The molecule has 1 amide bonds. The van der Waals surface area contributed by atoms with Crippen LogP contribution in [0.2, 0.25) is 0 Å². The number of rotatable bonds is 6. The van der Waals surface area contributed by atoms with Gasteiger partial charge in [-0.1, -0.05) is 20.8 Å². The molecule has 3 aliphatic carbocycles. The SMILES string of the molecule is CN(CCC(C)(C)C)Cc1cc(O)c2c(c1N(C)C)CC1C[C@H]3CC(=O)C(C(N)=O)=C(O)[C@@]3(O)C(=O)C1=C2O. The maximum Gasteiger partial charge on any atom is 0.255 e. The van der Waals surface area contributed by atoms with Crippen LogP contribution in [0.1, 0.15) is 56.7 Å². The summed E-state index contributed by atoms with van der Waals surface area (Å²) in [4.78, 5) is 42.2. The highest BCUT2D eigenvalue weighted by atomic mass is 16.3. The number of aromatic hydroxyl groups is 1. The molecule has 0 heterocycles. The van der Waals surface area contributed by atoms with Gasteiger partial charge < -0.3 is 36.0 Å². The van der Waals surface area contributed by atoms with Gasteiger partial charge in [0.2, 0.25) is 5.78 Å². The summed E-state index contributed by atoms with van der Waals surface area (Å²) < 4.78 is 0. The lowest BCUT2D eigenvalue weighted by Crippen LogP contribution is -2.58. The molecular formula is C29H39N3O7. The molecule has 1 unspecified atom stereocenters. The fourth-order valence-corrected chi connectivity index (χ4v) is 6.32. The molecule has 0 bridgehead atoms. The second kappa shape index (κ2) is 9.67. The third-order valence-corrected chi connectivity index (χ3v) is 8.25. The van der Waals surface area contributed by atoms with E-state index in [1.165, 1.54) is 0 Å². The Balaban J connectivity index is 1.82. The molecule has 0 aliphatic heterocycles. The molecule has 4 rings (SSSR count). The molecule has 1 fully saturated rings. The van der Waals surface area contributed by atoms with E-state index in [1.807, 2.05) is 26.0 Å². The fourth-order valence-electron chi connectivity index (χ4n) is 6.32. The third kappa shape index (κ3) is 4.69. The second-order valence-corrected chi connectivity index (χ2v) is 12.6. The van der Waals surface area contributed by atoms with E-state index in [-0.39, 0.29) is 41.6 Å². The molecule has 1 aromatic rings. The summed E-state index contributed by atoms with van der Waals surface area (Å²) in [5.41, 5.74) is 4.38. The highest BCUT2D eigenvalue weighted by Crippen LogP contribution is 2.53. The zero-order valence-electron chi connectivity index (χ0n) is 23.5. The minimum atomic E-state index is -2.56. The van der Waals surface area contributed by atoms with Crippen molar-refractivity contribution >= 4 is 28.9 Å². The summed E-state index contributed by atoms with van der Waals surface area (Å²) in [6, 6.07) is 1.59. The number of amides is 1. The molecule has 212 valence electrons. The summed E-state index contributed by atoms with van der Waals surface area (Å²) in [6.45, 7) is 7.94. The number of aliphatic hydroxyl groups excluding tert-OH is 2. The minimum absolute atomic E-state index is 0.103. The highest BCUT2D eigenvalue weighted by molar-refractivity contribution is 6.22. The van der Waals surface area contributed by atoms with Crippen LogP contribution in [-0.2, 0) is 27.3 Å². The Kier molecular flexibility index (Phi) is 7.10. The number of nitrogens with two attached hydrogens (primary N) is 1. The van der Waals surface area contributed by atoms with E-state index in [2.05, 4.69) is 25.7 Å². The predicted molar refractivity (Wildman–Crippen MR) is 146 cm³/mol. The molecule has 10 heteroatoms. The summed E-state index contributed by atoms with van der Waals surface area (Å²) in [5, 5.41) is 44.6. The molecule has 39 heavy (non-hydrogen) atoms. The first-order valence-corrected chi connectivity index (χ1v) is 13.2. The van der Waals surface area contributed by atoms with E-state index in [0.717, 1.165) is 24.2 Å². The number of nitrogens with zero attached hydrogens (tertiary/aromatic N) is 2. The van der Waals surface area contributed by atoms with Crippen molar-refractivity contribution in [2.24, 2.45) is 23.0 Å². The van der Waals surface area contributed by atoms with Crippen molar-refractivity contribution in [1.82, 2.24) is 4.90 Å². The van der Waals surface area contributed by atoms with E-state index in [0.29, 0.717) is 12.1 Å². The molecule has 1 aromatic carbocycles. The van der Waals surface area contributed by atoms with Gasteiger partial charge in [-0.3, -0.25) is 14.4 Å². The number of primary amides is 1. The van der Waals surface area contributed by atoms with Gasteiger partial charge in [0, 0.05) is 44.2 Å². The number of aliphatic hydroxyl groups is 3. The lowest BCUT2D eigenvalue weighted by molar-refractivity contribution is -0.147. The van der Waals surface area contributed by atoms with Gasteiger partial charge in [-0.15, -0.1) is 0 Å². The highest BCUT2D eigenvalue weighted by Gasteiger charge is 2.60. The standard InChI is InChI=1S/C29H39N3O7/c1-28(2,3)7-8-32(6)13-15-11-18(33)21-17(23(15)31(4)5)10-14-9-16-12-19(34)22(27(30)38)26(37)29(16,39)25(36)20(14)24(21)35/h11,14,16,33,35,37,39H,7-10,12-13H2,1-6H3,(H2,30,38)/t14?,16-,29-/m0/s1. The number of benzene rings is 1. The van der Waals surface area contributed by atoms with Crippen LogP contribution in [-0.4, -0.2) is 76.1 Å². The average molecular weight is 542 g/mol. The first-order valence-electron chi connectivity index (χ1n) is 13.2. The number of Topliss-reactive ketones (excluding diaryl/α,β-unsaturated/α-hetero) is 2. The molecule has 6 N–H and O–H groups in total. The zero-order chi connectivity index (χ0) is 29.2. The number of hydrogen-bond donors (Lipinski definition) is 5. The fraction of sp³-hybridized carbons (Fsp3) is 0.552. The number of carbonyl (C=O) groups excluding carboxylic acids is 3. The normalized spacial score (nSPS) is 25.0. The quantitative estimate of drug-likeness (QED) is 0.340. The molecule has 0 aromatic heterocycles. The molecule has 0 spiro atoms. The summed E-state index contributed by atoms with van der Waals surface area (Å²) in [7, 11) is 5.76. The Hall–Kier alpha value is -3.37. The van der Waals surface area contributed by atoms with Crippen LogP contribution in [0.5, 0.6) is 5.75 Å². The number of anilines is 1. The van der Waals surface area contributed by atoms with Crippen molar-refractivity contribution in [2.75, 3.05) is 32.6 Å². The summed E-state index contributed by atoms with van der Waals surface area (Å²) in [6.07, 6.45) is 1.02. The largest absolute Gasteiger partial charge is 0.508 e. The summed E-state index contributed by atoms with van der Waals surface area (Å²) >= 11 is 0. The van der Waals surface area contributed by atoms with Crippen molar-refractivity contribution in [3.63, 3.8) is 0 Å². The van der Waals surface area contributed by atoms with Crippen LogP contribution in [0.25, 0.3) is 5.76 Å². The minimum Gasteiger partial charge on any atom is -0.508 e. The predicted octanol–water partition coefficient (Wildman–Crippen LogP) is 2.36. The van der Waals surface area contributed by atoms with Gasteiger partial charge in [0.25, 0.3) is 5.91 Å². The molecule has 3 aliphatic rings. The Morgan fingerprint density at radius 3 is 2.33 bits per heavy atom. The maximum atomic E-state index is 13.7. The van der Waals surface area contributed by atoms with Crippen molar-refractivity contribution < 1.29 is 34.8 Å². The first-order chi connectivity index (χ1) is 18.0. The molecule has 1 saturated carbocycles.